The van der Waals surface area contributed by atoms with E-state index < -0.39 is 5.91 Å². The van der Waals surface area contributed by atoms with E-state index in [2.05, 4.69) is 10.6 Å². The number of carbonyl (C=O) groups is 1. The molecule has 0 fully saturated rings. The number of halogens is 3. The van der Waals surface area contributed by atoms with Gasteiger partial charge in [-0.25, -0.2) is 0 Å². The predicted molar refractivity (Wildman–Crippen MR) is 126 cm³/mol. The van der Waals surface area contributed by atoms with Crippen LogP contribution in [0.2, 0.25) is 15.1 Å². The highest BCUT2D eigenvalue weighted by molar-refractivity contribution is 7.80. The van der Waals surface area contributed by atoms with E-state index in [4.69, 9.17) is 56.2 Å². The van der Waals surface area contributed by atoms with Gasteiger partial charge in [-0.3, -0.25) is 10.1 Å². The van der Waals surface area contributed by atoms with Gasteiger partial charge in [-0.15, -0.1) is 0 Å². The lowest BCUT2D eigenvalue weighted by atomic mass is 10.2. The van der Waals surface area contributed by atoms with Gasteiger partial charge in [0.1, 0.15) is 17.3 Å². The van der Waals surface area contributed by atoms with Crippen LogP contribution in [0.4, 0.5) is 5.69 Å². The first-order chi connectivity index (χ1) is 14.3. The zero-order valence-corrected chi connectivity index (χ0v) is 18.6. The maximum absolute atomic E-state index is 12.1. The first-order valence-electron chi connectivity index (χ1n) is 8.54. The van der Waals surface area contributed by atoms with Gasteiger partial charge in [0.05, 0.1) is 12.1 Å². The van der Waals surface area contributed by atoms with Crippen molar-refractivity contribution in [3.05, 3.63) is 75.4 Å². The van der Waals surface area contributed by atoms with Gasteiger partial charge in [0.2, 0.25) is 5.91 Å². The number of thiocarbonyl (C=S) groups is 1. The highest BCUT2D eigenvalue weighted by Crippen LogP contribution is 2.29. The Kier molecular flexibility index (Phi) is 7.39. The molecule has 2 aromatic carbocycles. The molecule has 0 saturated heterocycles. The Morgan fingerprint density at radius 1 is 1.07 bits per heavy atom. The Hall–Kier alpha value is -2.51. The van der Waals surface area contributed by atoms with Crippen LogP contribution in [-0.4, -0.2) is 18.1 Å². The van der Waals surface area contributed by atoms with Crippen LogP contribution in [-0.2, 0) is 4.79 Å². The highest BCUT2D eigenvalue weighted by Gasteiger charge is 2.08. The number of hydrogen-bond donors (Lipinski definition) is 2. The zero-order chi connectivity index (χ0) is 21.7. The number of benzene rings is 2. The van der Waals surface area contributed by atoms with Crippen LogP contribution in [0.15, 0.2) is 59.0 Å². The fourth-order valence-corrected chi connectivity index (χ4v) is 3.51. The molecule has 9 heteroatoms. The highest BCUT2D eigenvalue weighted by atomic mass is 35.5. The topological polar surface area (TPSA) is 63.5 Å². The van der Waals surface area contributed by atoms with E-state index in [-0.39, 0.29) is 5.11 Å². The van der Waals surface area contributed by atoms with Crippen molar-refractivity contribution in [2.24, 2.45) is 0 Å². The van der Waals surface area contributed by atoms with Crippen LogP contribution >= 0.6 is 47.0 Å². The van der Waals surface area contributed by atoms with Crippen LogP contribution in [0.25, 0.3) is 17.4 Å². The molecule has 2 N–H and O–H groups in total. The van der Waals surface area contributed by atoms with Crippen LogP contribution in [0.1, 0.15) is 5.76 Å². The molecule has 0 spiro atoms. The first-order valence-corrected chi connectivity index (χ1v) is 10.1. The average Bonchev–Trinajstić information content (AvgIpc) is 3.15. The summed E-state index contributed by atoms with van der Waals surface area (Å²) in [4.78, 5) is 12.1. The molecule has 5 nitrogen and oxygen atoms in total. The number of hydrogen-bond acceptors (Lipinski definition) is 4. The monoisotopic (exact) mass is 480 g/mol. The Labute approximate surface area is 193 Å². The number of nitrogens with one attached hydrogen (secondary N) is 2. The predicted octanol–water partition coefficient (Wildman–Crippen LogP) is 6.44. The van der Waals surface area contributed by atoms with Crippen LogP contribution < -0.4 is 15.4 Å². The first kappa shape index (κ1) is 22.2. The van der Waals surface area contributed by atoms with E-state index in [1.807, 2.05) is 0 Å². The maximum Gasteiger partial charge on any atom is 0.250 e. The van der Waals surface area contributed by atoms with Gasteiger partial charge in [-0.2, -0.15) is 0 Å². The molecule has 0 bridgehead atoms. The Morgan fingerprint density at radius 2 is 1.80 bits per heavy atom. The van der Waals surface area contributed by atoms with Crippen LogP contribution in [0.5, 0.6) is 5.75 Å². The molecular weight excluding hydrogens is 467 g/mol. The van der Waals surface area contributed by atoms with Gasteiger partial charge < -0.3 is 14.5 Å². The molecular formula is C21H15Cl3N2O3S. The minimum absolute atomic E-state index is 0.125. The largest absolute Gasteiger partial charge is 0.495 e. The molecule has 154 valence electrons. The summed E-state index contributed by atoms with van der Waals surface area (Å²) in [6.07, 6.45) is 2.83. The lowest BCUT2D eigenvalue weighted by Crippen LogP contribution is -2.32. The Balaban J connectivity index is 1.59. The van der Waals surface area contributed by atoms with E-state index in [1.54, 1.807) is 48.5 Å². The van der Waals surface area contributed by atoms with E-state index in [0.29, 0.717) is 38.0 Å². The summed E-state index contributed by atoms with van der Waals surface area (Å²) >= 11 is 23.2. The molecule has 0 aliphatic carbocycles. The fraction of sp³-hybridized carbons (Fsp3) is 0.0476. The fourth-order valence-electron chi connectivity index (χ4n) is 2.51. The summed E-state index contributed by atoms with van der Waals surface area (Å²) in [5, 5.41) is 6.98. The molecule has 0 atom stereocenters. The lowest BCUT2D eigenvalue weighted by molar-refractivity contribution is -0.115. The molecule has 0 saturated carbocycles. The van der Waals surface area contributed by atoms with E-state index in [1.165, 1.54) is 19.3 Å². The SMILES string of the molecule is COc1ccc(NC(=S)NC(=O)/C=C/c2ccc(-c3cc(Cl)cc(Cl)c3)o2)cc1Cl. The maximum atomic E-state index is 12.1. The summed E-state index contributed by atoms with van der Waals surface area (Å²) < 4.78 is 10.8. The number of ether oxygens (including phenoxy) is 1. The third kappa shape index (κ3) is 6.00. The van der Waals surface area contributed by atoms with Crippen molar-refractivity contribution in [1.82, 2.24) is 5.32 Å². The second kappa shape index (κ2) is 10.00. The minimum Gasteiger partial charge on any atom is -0.495 e. The number of methoxy groups -OCH3 is 1. The molecule has 1 amide bonds. The number of carbonyl (C=O) groups excluding carboxylic acids is 1. The second-order valence-electron chi connectivity index (χ2n) is 5.99. The standard InChI is InChI=1S/C21H15Cl3N2O3S/c1-28-19-5-2-15(11-17(19)24)25-21(30)26-20(27)7-4-16-3-6-18(29-16)12-8-13(22)10-14(23)9-12/h2-11H,1H3,(H2,25,26,27,30)/b7-4+. The van der Waals surface area contributed by atoms with Crippen molar-refractivity contribution < 1.29 is 13.9 Å². The summed E-state index contributed by atoms with van der Waals surface area (Å²) in [5.41, 5.74) is 1.35. The molecule has 1 aromatic heterocycles. The van der Waals surface area contributed by atoms with Gasteiger partial charge in [0.25, 0.3) is 0 Å². The summed E-state index contributed by atoms with van der Waals surface area (Å²) in [6.45, 7) is 0. The van der Waals surface area contributed by atoms with E-state index >= 15 is 0 Å². The minimum atomic E-state index is -0.421. The van der Waals surface area contributed by atoms with Gasteiger partial charge in [0.15, 0.2) is 5.11 Å². The number of anilines is 1. The van der Waals surface area contributed by atoms with Crippen molar-refractivity contribution in [3.63, 3.8) is 0 Å². The van der Waals surface area contributed by atoms with Gasteiger partial charge in [-0.1, -0.05) is 34.8 Å². The molecule has 0 aliphatic heterocycles. The van der Waals surface area contributed by atoms with E-state index in [0.717, 1.165) is 5.56 Å². The summed E-state index contributed by atoms with van der Waals surface area (Å²) in [6, 6.07) is 13.7. The molecule has 0 radical (unpaired) electrons. The summed E-state index contributed by atoms with van der Waals surface area (Å²) in [5.74, 6) is 1.18. The van der Waals surface area contributed by atoms with Crippen molar-refractivity contribution in [2.45, 2.75) is 0 Å². The third-order valence-corrected chi connectivity index (χ3v) is 4.76. The molecule has 0 aliphatic rings. The molecule has 1 heterocycles. The Bertz CT molecular complexity index is 1110. The average molecular weight is 482 g/mol. The number of furan rings is 1. The number of amides is 1. The molecule has 30 heavy (non-hydrogen) atoms. The van der Waals surface area contributed by atoms with Gasteiger partial charge in [0, 0.05) is 27.4 Å². The normalized spacial score (nSPS) is 10.8. The summed E-state index contributed by atoms with van der Waals surface area (Å²) in [7, 11) is 1.53. The Morgan fingerprint density at radius 3 is 2.47 bits per heavy atom. The smallest absolute Gasteiger partial charge is 0.250 e. The van der Waals surface area contributed by atoms with E-state index in [9.17, 15) is 4.79 Å². The molecule has 0 unspecified atom stereocenters. The van der Waals surface area contributed by atoms with Crippen LogP contribution in [0.3, 0.4) is 0 Å². The van der Waals surface area contributed by atoms with Crippen molar-refractivity contribution in [1.29, 1.82) is 0 Å². The quantitative estimate of drug-likeness (QED) is 0.324. The molecule has 3 rings (SSSR count). The third-order valence-electron chi connectivity index (χ3n) is 3.82. The zero-order valence-electron chi connectivity index (χ0n) is 15.5. The molecule has 3 aromatic rings. The van der Waals surface area contributed by atoms with Gasteiger partial charge in [-0.05, 0) is 66.8 Å². The lowest BCUT2D eigenvalue weighted by Gasteiger charge is -2.10. The van der Waals surface area contributed by atoms with Crippen molar-refractivity contribution >= 4 is 69.8 Å². The number of rotatable bonds is 5. The van der Waals surface area contributed by atoms with Gasteiger partial charge >= 0.3 is 0 Å². The van der Waals surface area contributed by atoms with Crippen molar-refractivity contribution in [3.8, 4) is 17.1 Å². The second-order valence-corrected chi connectivity index (χ2v) is 7.67. The van der Waals surface area contributed by atoms with Crippen molar-refractivity contribution in [2.75, 3.05) is 12.4 Å². The van der Waals surface area contributed by atoms with Crippen LogP contribution in [0, 0.1) is 0 Å².